The Kier molecular flexibility index (Phi) is 5.50. The fourth-order valence-corrected chi connectivity index (χ4v) is 1.58. The minimum absolute atomic E-state index is 0.407. The van der Waals surface area contributed by atoms with Crippen LogP contribution < -0.4 is 0 Å². The smallest absolute Gasteiger partial charge is 0.0245 e. The van der Waals surface area contributed by atoms with Gasteiger partial charge < -0.3 is 0 Å². The third-order valence-electron chi connectivity index (χ3n) is 1.15. The molecule has 1 unspecified atom stereocenters. The van der Waals surface area contributed by atoms with Crippen LogP contribution in [0.2, 0.25) is 0 Å². The molecule has 0 amide bonds. The first-order valence-corrected chi connectivity index (χ1v) is 4.92. The monoisotopic (exact) mass is 252 g/mol. The van der Waals surface area contributed by atoms with Gasteiger partial charge in [0.15, 0.2) is 0 Å². The van der Waals surface area contributed by atoms with Crippen LogP contribution in [-0.4, -0.2) is 10.7 Å². The summed E-state index contributed by atoms with van der Waals surface area (Å²) in [4.78, 5) is 0. The predicted octanol–water partition coefficient (Wildman–Crippen LogP) is 3.13. The van der Waals surface area contributed by atoms with E-state index in [1.807, 2.05) is 6.08 Å². The quantitative estimate of drug-likeness (QED) is 0.534. The number of allylic oxidation sites excluding steroid dienone is 2. The van der Waals surface area contributed by atoms with Crippen molar-refractivity contribution in [1.29, 1.82) is 0 Å². The lowest BCUT2D eigenvalue weighted by Crippen LogP contribution is -2.01. The Morgan fingerprint density at radius 2 is 2.11 bits per heavy atom. The van der Waals surface area contributed by atoms with Crippen LogP contribution in [-0.2, 0) is 0 Å². The predicted molar refractivity (Wildman–Crippen MR) is 50.4 cm³/mol. The van der Waals surface area contributed by atoms with Gasteiger partial charge in [-0.2, -0.15) is 0 Å². The fourth-order valence-electron chi connectivity index (χ4n) is 0.438. The molecule has 0 rings (SSSR count). The van der Waals surface area contributed by atoms with E-state index < -0.39 is 0 Å². The van der Waals surface area contributed by atoms with Crippen molar-refractivity contribution in [2.45, 2.75) is 0 Å². The second kappa shape index (κ2) is 5.24. The van der Waals surface area contributed by atoms with Crippen molar-refractivity contribution in [3.8, 4) is 0 Å². The van der Waals surface area contributed by atoms with E-state index in [0.717, 1.165) is 10.7 Å². The molecular formula is C7H10Br2. The Morgan fingerprint density at radius 1 is 1.56 bits per heavy atom. The van der Waals surface area contributed by atoms with Crippen LogP contribution in [0.25, 0.3) is 0 Å². The molecule has 9 heavy (non-hydrogen) atoms. The molecule has 0 nitrogen and oxygen atoms in total. The Labute approximate surface area is 73.3 Å². The van der Waals surface area contributed by atoms with Crippen molar-refractivity contribution >= 4 is 31.9 Å². The maximum Gasteiger partial charge on any atom is 0.0245 e. The molecule has 0 aliphatic carbocycles. The van der Waals surface area contributed by atoms with Crippen LogP contribution >= 0.6 is 31.9 Å². The van der Waals surface area contributed by atoms with Crippen LogP contribution in [0.5, 0.6) is 0 Å². The summed E-state index contributed by atoms with van der Waals surface area (Å²) in [5.41, 5.74) is 1.17. The molecule has 0 aliphatic rings. The van der Waals surface area contributed by atoms with Crippen LogP contribution in [0.4, 0.5) is 0 Å². The summed E-state index contributed by atoms with van der Waals surface area (Å²) in [5, 5.41) is 1.77. The summed E-state index contributed by atoms with van der Waals surface area (Å²) in [5.74, 6) is 0.407. The molecule has 0 heterocycles. The van der Waals surface area contributed by atoms with Crippen molar-refractivity contribution in [2.75, 3.05) is 10.7 Å². The van der Waals surface area contributed by atoms with Gasteiger partial charge in [-0.25, -0.2) is 0 Å². The maximum absolute atomic E-state index is 3.87. The van der Waals surface area contributed by atoms with Gasteiger partial charge in [0.1, 0.15) is 0 Å². The van der Waals surface area contributed by atoms with E-state index >= 15 is 0 Å². The van der Waals surface area contributed by atoms with Crippen molar-refractivity contribution in [2.24, 2.45) is 5.92 Å². The lowest BCUT2D eigenvalue weighted by atomic mass is 10.1. The molecule has 2 heteroatoms. The molecule has 0 saturated heterocycles. The minimum Gasteiger partial charge on any atom is -0.102 e. The molecule has 0 fully saturated rings. The third-order valence-corrected chi connectivity index (χ3v) is 2.56. The highest BCUT2D eigenvalue weighted by molar-refractivity contribution is 9.09. The zero-order chi connectivity index (χ0) is 7.28. The van der Waals surface area contributed by atoms with E-state index in [9.17, 15) is 0 Å². The summed E-state index contributed by atoms with van der Waals surface area (Å²) in [6.07, 6.45) is 1.90. The molecule has 0 aromatic rings. The van der Waals surface area contributed by atoms with Gasteiger partial charge in [0.25, 0.3) is 0 Å². The van der Waals surface area contributed by atoms with Crippen molar-refractivity contribution in [3.05, 3.63) is 24.8 Å². The van der Waals surface area contributed by atoms with Crippen LogP contribution in [0.15, 0.2) is 24.8 Å². The number of hydrogen-bond donors (Lipinski definition) is 0. The van der Waals surface area contributed by atoms with Crippen LogP contribution in [0.1, 0.15) is 0 Å². The summed E-state index contributed by atoms with van der Waals surface area (Å²) in [7, 11) is 0. The zero-order valence-corrected chi connectivity index (χ0v) is 8.41. The van der Waals surface area contributed by atoms with Crippen molar-refractivity contribution in [3.63, 3.8) is 0 Å². The summed E-state index contributed by atoms with van der Waals surface area (Å²) in [6.45, 7) is 7.56. The summed E-state index contributed by atoms with van der Waals surface area (Å²) < 4.78 is 0. The molecule has 0 aliphatic heterocycles. The second-order valence-electron chi connectivity index (χ2n) is 1.79. The molecule has 0 N–H and O–H groups in total. The average molecular weight is 254 g/mol. The number of halogens is 2. The Balaban J connectivity index is 3.78. The van der Waals surface area contributed by atoms with E-state index in [4.69, 9.17) is 0 Å². The van der Waals surface area contributed by atoms with Crippen molar-refractivity contribution in [1.82, 2.24) is 0 Å². The first-order chi connectivity index (χ1) is 4.26. The molecule has 0 radical (unpaired) electrons. The molecule has 0 bridgehead atoms. The SMILES string of the molecule is C=CC(CBr)C(=C)CBr. The molecule has 1 atom stereocenters. The van der Waals surface area contributed by atoms with Crippen LogP contribution in [0.3, 0.4) is 0 Å². The highest BCUT2D eigenvalue weighted by Gasteiger charge is 2.03. The third kappa shape index (κ3) is 3.21. The van der Waals surface area contributed by atoms with E-state index in [1.165, 1.54) is 5.57 Å². The average Bonchev–Trinajstić information content (AvgIpc) is 1.90. The topological polar surface area (TPSA) is 0 Å². The van der Waals surface area contributed by atoms with Gasteiger partial charge in [-0.15, -0.1) is 6.58 Å². The number of hydrogen-bond acceptors (Lipinski definition) is 0. The van der Waals surface area contributed by atoms with Gasteiger partial charge in [0.05, 0.1) is 0 Å². The first kappa shape index (κ1) is 9.44. The lowest BCUT2D eigenvalue weighted by Gasteiger charge is -2.08. The van der Waals surface area contributed by atoms with Crippen LogP contribution in [0, 0.1) is 5.92 Å². The molecule has 0 spiro atoms. The van der Waals surface area contributed by atoms with E-state index in [0.29, 0.717) is 5.92 Å². The Bertz CT molecular complexity index is 107. The molecule has 0 saturated carbocycles. The van der Waals surface area contributed by atoms with Gasteiger partial charge in [-0.1, -0.05) is 50.1 Å². The molecule has 0 aromatic heterocycles. The van der Waals surface area contributed by atoms with Gasteiger partial charge in [0.2, 0.25) is 0 Å². The largest absolute Gasteiger partial charge is 0.102 e. The van der Waals surface area contributed by atoms with Gasteiger partial charge in [-0.05, 0) is 0 Å². The van der Waals surface area contributed by atoms with E-state index in [-0.39, 0.29) is 0 Å². The van der Waals surface area contributed by atoms with Gasteiger partial charge in [0, 0.05) is 16.6 Å². The van der Waals surface area contributed by atoms with E-state index in [2.05, 4.69) is 45.0 Å². The van der Waals surface area contributed by atoms with E-state index in [1.54, 1.807) is 0 Å². The molecule has 52 valence electrons. The highest BCUT2D eigenvalue weighted by atomic mass is 79.9. The minimum atomic E-state index is 0.407. The highest BCUT2D eigenvalue weighted by Crippen LogP contribution is 2.14. The van der Waals surface area contributed by atoms with Gasteiger partial charge in [-0.3, -0.25) is 0 Å². The molecular weight excluding hydrogens is 244 g/mol. The standard InChI is InChI=1S/C7H10Br2/c1-3-7(5-9)6(2)4-8/h3,7H,1-2,4-5H2. The Morgan fingerprint density at radius 3 is 2.22 bits per heavy atom. The number of rotatable bonds is 4. The van der Waals surface area contributed by atoms with Crippen molar-refractivity contribution < 1.29 is 0 Å². The van der Waals surface area contributed by atoms with Gasteiger partial charge >= 0.3 is 0 Å². The molecule has 0 aromatic carbocycles. The zero-order valence-electron chi connectivity index (χ0n) is 5.24. The summed E-state index contributed by atoms with van der Waals surface area (Å²) >= 11 is 6.69. The normalized spacial score (nSPS) is 12.7. The first-order valence-electron chi connectivity index (χ1n) is 2.68. The summed E-state index contributed by atoms with van der Waals surface area (Å²) in [6, 6.07) is 0. The number of alkyl halides is 2. The maximum atomic E-state index is 3.87. The fraction of sp³-hybridized carbons (Fsp3) is 0.429. The second-order valence-corrected chi connectivity index (χ2v) is 3.00. The Hall–Kier alpha value is 0.440. The lowest BCUT2D eigenvalue weighted by molar-refractivity contribution is 0.900.